The quantitative estimate of drug-likeness (QED) is 0.353. The number of aliphatic hydroxyl groups is 1. The summed E-state index contributed by atoms with van der Waals surface area (Å²) in [7, 11) is 0. The number of hydrogen-bond acceptors (Lipinski definition) is 5. The highest BCUT2D eigenvalue weighted by molar-refractivity contribution is 5.43. The standard InChI is InChI=1S/C26H28FN3O3/c1-3-15-32-18-22(31)16-29(20-13-14-20)17-23-19(2)28-30(21-9-5-4-6-10-21)26(23)33-25-12-8-7-11-24(25)27/h1,4-12,20,22,31H,13-18H2,2H3/t22-/m1/s1. The molecule has 0 saturated heterocycles. The Hall–Kier alpha value is -3.18. The van der Waals surface area contributed by atoms with Crippen LogP contribution >= 0.6 is 0 Å². The van der Waals surface area contributed by atoms with Gasteiger partial charge in [-0.1, -0.05) is 36.3 Å². The van der Waals surface area contributed by atoms with Gasteiger partial charge in [-0.25, -0.2) is 9.07 Å². The number of nitrogens with zero attached hydrogens (tertiary/aromatic N) is 3. The molecule has 1 heterocycles. The highest BCUT2D eigenvalue weighted by Gasteiger charge is 2.32. The van der Waals surface area contributed by atoms with Gasteiger partial charge in [-0.3, -0.25) is 4.90 Å². The molecule has 0 aliphatic heterocycles. The molecule has 1 aliphatic rings. The van der Waals surface area contributed by atoms with Crippen molar-refractivity contribution in [3.63, 3.8) is 0 Å². The average molecular weight is 450 g/mol. The summed E-state index contributed by atoms with van der Waals surface area (Å²) in [6.07, 6.45) is 6.68. The Morgan fingerprint density at radius 3 is 2.64 bits per heavy atom. The SMILES string of the molecule is C#CCOC[C@H](O)CN(Cc1c(C)nn(-c2ccccc2)c1Oc1ccccc1F)C1CC1. The van der Waals surface area contributed by atoms with E-state index in [0.717, 1.165) is 29.8 Å². The number of halogens is 1. The second-order valence-electron chi connectivity index (χ2n) is 8.18. The van der Waals surface area contributed by atoms with E-state index >= 15 is 0 Å². The molecular formula is C26H28FN3O3. The van der Waals surface area contributed by atoms with Gasteiger partial charge in [0.1, 0.15) is 6.61 Å². The molecule has 3 aromatic rings. The summed E-state index contributed by atoms with van der Waals surface area (Å²) >= 11 is 0. The molecule has 2 aromatic carbocycles. The van der Waals surface area contributed by atoms with Gasteiger partial charge >= 0.3 is 0 Å². The number of terminal acetylenes is 1. The summed E-state index contributed by atoms with van der Waals surface area (Å²) in [6.45, 7) is 3.21. The summed E-state index contributed by atoms with van der Waals surface area (Å²) in [5, 5.41) is 15.2. The third kappa shape index (κ3) is 5.79. The monoisotopic (exact) mass is 449 g/mol. The summed E-state index contributed by atoms with van der Waals surface area (Å²) in [4.78, 5) is 2.21. The first-order valence-electron chi connectivity index (χ1n) is 11.1. The van der Waals surface area contributed by atoms with E-state index in [1.807, 2.05) is 37.3 Å². The van der Waals surface area contributed by atoms with Gasteiger partial charge in [0.25, 0.3) is 0 Å². The first-order chi connectivity index (χ1) is 16.1. The lowest BCUT2D eigenvalue weighted by atomic mass is 10.2. The smallest absolute Gasteiger partial charge is 0.227 e. The summed E-state index contributed by atoms with van der Waals surface area (Å²) < 4.78 is 27.6. The van der Waals surface area contributed by atoms with Crippen LogP contribution in [0.15, 0.2) is 54.6 Å². The Balaban J connectivity index is 1.64. The number of para-hydroxylation sites is 2. The molecule has 0 bridgehead atoms. The average Bonchev–Trinajstić information content (AvgIpc) is 3.62. The zero-order chi connectivity index (χ0) is 23.2. The van der Waals surface area contributed by atoms with Crippen molar-refractivity contribution >= 4 is 0 Å². The van der Waals surface area contributed by atoms with Crippen molar-refractivity contribution in [1.29, 1.82) is 0 Å². The van der Waals surface area contributed by atoms with Crippen LogP contribution in [0.25, 0.3) is 5.69 Å². The molecule has 1 fully saturated rings. The number of aryl methyl sites for hydroxylation is 1. The number of aromatic nitrogens is 2. The van der Waals surface area contributed by atoms with Crippen LogP contribution in [0.3, 0.4) is 0 Å². The molecule has 0 amide bonds. The van der Waals surface area contributed by atoms with E-state index in [-0.39, 0.29) is 19.0 Å². The maximum Gasteiger partial charge on any atom is 0.227 e. The van der Waals surface area contributed by atoms with Crippen LogP contribution < -0.4 is 4.74 Å². The fourth-order valence-corrected chi connectivity index (χ4v) is 3.76. The first-order valence-corrected chi connectivity index (χ1v) is 11.1. The van der Waals surface area contributed by atoms with Crippen LogP contribution in [0.4, 0.5) is 4.39 Å². The van der Waals surface area contributed by atoms with Gasteiger partial charge < -0.3 is 14.6 Å². The Morgan fingerprint density at radius 2 is 1.94 bits per heavy atom. The van der Waals surface area contributed by atoms with Gasteiger partial charge in [0.05, 0.1) is 29.7 Å². The van der Waals surface area contributed by atoms with Crippen molar-refractivity contribution in [3.8, 4) is 29.7 Å². The highest BCUT2D eigenvalue weighted by atomic mass is 19.1. The first kappa shape index (κ1) is 23.0. The molecule has 1 saturated carbocycles. The lowest BCUT2D eigenvalue weighted by Gasteiger charge is -2.25. The number of benzene rings is 2. The van der Waals surface area contributed by atoms with Crippen molar-refractivity contribution in [2.75, 3.05) is 19.8 Å². The molecule has 1 atom stereocenters. The van der Waals surface area contributed by atoms with Crippen molar-refractivity contribution in [1.82, 2.24) is 14.7 Å². The van der Waals surface area contributed by atoms with Crippen molar-refractivity contribution in [3.05, 3.63) is 71.7 Å². The normalized spacial score (nSPS) is 14.3. The van der Waals surface area contributed by atoms with E-state index in [2.05, 4.69) is 10.8 Å². The van der Waals surface area contributed by atoms with Crippen LogP contribution in [-0.4, -0.2) is 51.7 Å². The van der Waals surface area contributed by atoms with E-state index < -0.39 is 11.9 Å². The molecule has 0 unspecified atom stereocenters. The maximum absolute atomic E-state index is 14.4. The lowest BCUT2D eigenvalue weighted by molar-refractivity contribution is 0.0240. The summed E-state index contributed by atoms with van der Waals surface area (Å²) in [5.74, 6) is 2.57. The fourth-order valence-electron chi connectivity index (χ4n) is 3.76. The predicted octanol–water partition coefficient (Wildman–Crippen LogP) is 4.09. The third-order valence-electron chi connectivity index (χ3n) is 5.55. The Labute approximate surface area is 193 Å². The van der Waals surface area contributed by atoms with Gasteiger partial charge in [-0.2, -0.15) is 5.10 Å². The third-order valence-corrected chi connectivity index (χ3v) is 5.55. The van der Waals surface area contributed by atoms with Crippen LogP contribution in [0.1, 0.15) is 24.1 Å². The van der Waals surface area contributed by atoms with Crippen LogP contribution in [0.5, 0.6) is 11.6 Å². The van der Waals surface area contributed by atoms with Crippen molar-refractivity contribution in [2.45, 2.75) is 38.5 Å². The van der Waals surface area contributed by atoms with Gasteiger partial charge in [0.15, 0.2) is 11.6 Å². The number of hydrogen-bond donors (Lipinski definition) is 1. The van der Waals surface area contributed by atoms with Crippen molar-refractivity contribution < 1.29 is 19.0 Å². The second kappa shape index (κ2) is 10.6. The highest BCUT2D eigenvalue weighted by Crippen LogP contribution is 2.35. The molecule has 1 aliphatic carbocycles. The van der Waals surface area contributed by atoms with Gasteiger partial charge in [-0.15, -0.1) is 6.42 Å². The predicted molar refractivity (Wildman–Crippen MR) is 124 cm³/mol. The van der Waals surface area contributed by atoms with Crippen LogP contribution in [0, 0.1) is 25.1 Å². The Kier molecular flexibility index (Phi) is 7.40. The van der Waals surface area contributed by atoms with Gasteiger partial charge in [0, 0.05) is 19.1 Å². The number of aliphatic hydroxyl groups excluding tert-OH is 1. The van der Waals surface area contributed by atoms with Gasteiger partial charge in [-0.05, 0) is 44.0 Å². The minimum Gasteiger partial charge on any atom is -0.435 e. The molecule has 172 valence electrons. The summed E-state index contributed by atoms with van der Waals surface area (Å²) in [5.41, 5.74) is 2.46. The topological polar surface area (TPSA) is 59.8 Å². The molecule has 33 heavy (non-hydrogen) atoms. The summed E-state index contributed by atoms with van der Waals surface area (Å²) in [6, 6.07) is 16.3. The van der Waals surface area contributed by atoms with E-state index in [4.69, 9.17) is 21.0 Å². The van der Waals surface area contributed by atoms with E-state index in [9.17, 15) is 9.50 Å². The molecule has 0 radical (unpaired) electrons. The van der Waals surface area contributed by atoms with E-state index in [1.54, 1.807) is 22.9 Å². The molecule has 7 heteroatoms. The van der Waals surface area contributed by atoms with Crippen molar-refractivity contribution in [2.24, 2.45) is 0 Å². The zero-order valence-corrected chi connectivity index (χ0v) is 18.7. The van der Waals surface area contributed by atoms with Gasteiger partial charge in [0.2, 0.25) is 5.88 Å². The molecule has 1 N–H and O–H groups in total. The molecule has 0 spiro atoms. The fraction of sp³-hybridized carbons (Fsp3) is 0.346. The Morgan fingerprint density at radius 1 is 1.21 bits per heavy atom. The van der Waals surface area contributed by atoms with E-state index in [0.29, 0.717) is 25.0 Å². The van der Waals surface area contributed by atoms with E-state index in [1.165, 1.54) is 6.07 Å². The molecular weight excluding hydrogens is 421 g/mol. The lowest BCUT2D eigenvalue weighted by Crippen LogP contribution is -2.36. The molecule has 1 aromatic heterocycles. The Bertz CT molecular complexity index is 1110. The second-order valence-corrected chi connectivity index (χ2v) is 8.18. The largest absolute Gasteiger partial charge is 0.435 e. The number of ether oxygens (including phenoxy) is 2. The van der Waals surface area contributed by atoms with Crippen LogP contribution in [0.2, 0.25) is 0 Å². The maximum atomic E-state index is 14.4. The molecule has 4 rings (SSSR count). The number of rotatable bonds is 11. The van der Waals surface area contributed by atoms with Crippen LogP contribution in [-0.2, 0) is 11.3 Å². The molecule has 6 nitrogen and oxygen atoms in total. The minimum absolute atomic E-state index is 0.136. The minimum atomic E-state index is -0.667. The zero-order valence-electron chi connectivity index (χ0n) is 18.7.